The lowest BCUT2D eigenvalue weighted by Gasteiger charge is -2.29. The zero-order chi connectivity index (χ0) is 18.7. The zero-order valence-corrected chi connectivity index (χ0v) is 14.9. The van der Waals surface area contributed by atoms with Crippen molar-refractivity contribution in [2.24, 2.45) is 0 Å². The van der Waals surface area contributed by atoms with E-state index in [0.29, 0.717) is 18.5 Å². The summed E-state index contributed by atoms with van der Waals surface area (Å²) in [7, 11) is -3.85. The van der Waals surface area contributed by atoms with E-state index in [4.69, 9.17) is 0 Å². The molecule has 8 heteroatoms. The number of halogens is 1. The summed E-state index contributed by atoms with van der Waals surface area (Å²) in [5.41, 5.74) is 0.457. The molecule has 1 saturated heterocycles. The van der Waals surface area contributed by atoms with E-state index in [1.807, 2.05) is 0 Å². The van der Waals surface area contributed by atoms with E-state index in [2.05, 4.69) is 0 Å². The highest BCUT2D eigenvalue weighted by molar-refractivity contribution is 7.89. The van der Waals surface area contributed by atoms with Crippen LogP contribution >= 0.6 is 0 Å². The highest BCUT2D eigenvalue weighted by Gasteiger charge is 2.33. The van der Waals surface area contributed by atoms with Gasteiger partial charge in [-0.2, -0.15) is 4.31 Å². The minimum absolute atomic E-state index is 0.00593. The van der Waals surface area contributed by atoms with Gasteiger partial charge in [-0.15, -0.1) is 0 Å². The van der Waals surface area contributed by atoms with Gasteiger partial charge in [0, 0.05) is 18.7 Å². The average molecular weight is 378 g/mol. The summed E-state index contributed by atoms with van der Waals surface area (Å²) in [6, 6.07) is 10.4. The zero-order valence-electron chi connectivity index (χ0n) is 14.0. The Kier molecular flexibility index (Phi) is 5.33. The maximum absolute atomic E-state index is 13.7. The SMILES string of the molecule is O=[N+]([O-])c1ccc(S(=O)(=O)N2CCCCC[C@@H]2c2cccc(F)c2)cc1. The fourth-order valence-electron chi connectivity index (χ4n) is 3.29. The number of nitrogens with zero attached hydrogens (tertiary/aromatic N) is 2. The Morgan fingerprint density at radius 2 is 1.81 bits per heavy atom. The summed E-state index contributed by atoms with van der Waals surface area (Å²) >= 11 is 0. The predicted octanol–water partition coefficient (Wildman–Crippen LogP) is 4.04. The Balaban J connectivity index is 2.00. The summed E-state index contributed by atoms with van der Waals surface area (Å²) in [6.45, 7) is 0.334. The average Bonchev–Trinajstić information content (AvgIpc) is 2.88. The minimum Gasteiger partial charge on any atom is -0.258 e. The van der Waals surface area contributed by atoms with Crippen LogP contribution in [0.5, 0.6) is 0 Å². The maximum Gasteiger partial charge on any atom is 0.269 e. The van der Waals surface area contributed by atoms with E-state index in [1.54, 1.807) is 12.1 Å². The van der Waals surface area contributed by atoms with Crippen LogP contribution in [0.2, 0.25) is 0 Å². The second kappa shape index (κ2) is 7.51. The lowest BCUT2D eigenvalue weighted by Crippen LogP contribution is -2.34. The first-order valence-corrected chi connectivity index (χ1v) is 9.85. The quantitative estimate of drug-likeness (QED) is 0.594. The molecule has 26 heavy (non-hydrogen) atoms. The number of hydrogen-bond acceptors (Lipinski definition) is 4. The first-order chi connectivity index (χ1) is 12.4. The lowest BCUT2D eigenvalue weighted by molar-refractivity contribution is -0.384. The van der Waals surface area contributed by atoms with E-state index in [9.17, 15) is 22.9 Å². The van der Waals surface area contributed by atoms with Gasteiger partial charge in [-0.1, -0.05) is 25.0 Å². The van der Waals surface area contributed by atoms with Gasteiger partial charge in [0.25, 0.3) is 5.69 Å². The van der Waals surface area contributed by atoms with Crippen molar-refractivity contribution < 1.29 is 17.7 Å². The van der Waals surface area contributed by atoms with Crippen LogP contribution in [0.25, 0.3) is 0 Å². The van der Waals surface area contributed by atoms with E-state index in [0.717, 1.165) is 19.3 Å². The standard InChI is InChI=1S/C18H19FN2O4S/c19-15-6-4-5-14(13-15)18-7-2-1-3-12-20(18)26(24,25)17-10-8-16(9-11-17)21(22)23/h4-6,8-11,13,18H,1-3,7,12H2/t18-/m1/s1. The van der Waals surface area contributed by atoms with Crippen molar-refractivity contribution in [3.63, 3.8) is 0 Å². The Morgan fingerprint density at radius 1 is 1.08 bits per heavy atom. The van der Waals surface area contributed by atoms with E-state index >= 15 is 0 Å². The molecule has 1 fully saturated rings. The third kappa shape index (κ3) is 3.76. The third-order valence-electron chi connectivity index (χ3n) is 4.59. The molecule has 3 rings (SSSR count). The highest BCUT2D eigenvalue weighted by Crippen LogP contribution is 2.35. The largest absolute Gasteiger partial charge is 0.269 e. The van der Waals surface area contributed by atoms with Gasteiger partial charge in [0.15, 0.2) is 0 Å². The Hall–Kier alpha value is -2.32. The van der Waals surface area contributed by atoms with Gasteiger partial charge in [0.1, 0.15) is 5.82 Å². The van der Waals surface area contributed by atoms with Crippen LogP contribution < -0.4 is 0 Å². The summed E-state index contributed by atoms with van der Waals surface area (Å²) in [6.07, 6.45) is 3.08. The van der Waals surface area contributed by atoms with E-state index in [1.165, 1.54) is 40.7 Å². The van der Waals surface area contributed by atoms with Crippen molar-refractivity contribution in [3.8, 4) is 0 Å². The molecule has 0 bridgehead atoms. The molecule has 1 aliphatic heterocycles. The molecule has 0 unspecified atom stereocenters. The van der Waals surface area contributed by atoms with Crippen LogP contribution in [0, 0.1) is 15.9 Å². The van der Waals surface area contributed by atoms with Gasteiger partial charge >= 0.3 is 0 Å². The molecular formula is C18H19FN2O4S. The molecule has 1 atom stereocenters. The first kappa shape index (κ1) is 18.5. The van der Waals surface area contributed by atoms with Crippen molar-refractivity contribution in [1.29, 1.82) is 0 Å². The second-order valence-electron chi connectivity index (χ2n) is 6.29. The number of nitro groups is 1. The smallest absolute Gasteiger partial charge is 0.258 e. The van der Waals surface area contributed by atoms with Gasteiger partial charge in [-0.05, 0) is 42.7 Å². The predicted molar refractivity (Wildman–Crippen MR) is 94.6 cm³/mol. The fourth-order valence-corrected chi connectivity index (χ4v) is 4.97. The number of non-ortho nitro benzene ring substituents is 1. The van der Waals surface area contributed by atoms with Crippen LogP contribution in [0.3, 0.4) is 0 Å². The van der Waals surface area contributed by atoms with Crippen LogP contribution in [-0.4, -0.2) is 24.2 Å². The van der Waals surface area contributed by atoms with Crippen LogP contribution in [0.15, 0.2) is 53.4 Å². The van der Waals surface area contributed by atoms with E-state index in [-0.39, 0.29) is 10.6 Å². The van der Waals surface area contributed by atoms with E-state index < -0.39 is 26.8 Å². The number of rotatable bonds is 4. The molecule has 6 nitrogen and oxygen atoms in total. The van der Waals surface area contributed by atoms with Crippen LogP contribution in [0.1, 0.15) is 37.3 Å². The normalized spacial score (nSPS) is 19.0. The highest BCUT2D eigenvalue weighted by atomic mass is 32.2. The monoisotopic (exact) mass is 378 g/mol. The summed E-state index contributed by atoms with van der Waals surface area (Å²) in [5, 5.41) is 10.8. The Labute approximate surface area is 151 Å². The number of hydrogen-bond donors (Lipinski definition) is 0. The Morgan fingerprint density at radius 3 is 2.46 bits per heavy atom. The molecule has 0 saturated carbocycles. The molecule has 2 aromatic carbocycles. The molecule has 0 aliphatic carbocycles. The minimum atomic E-state index is -3.85. The van der Waals surface area contributed by atoms with Crippen molar-refractivity contribution in [1.82, 2.24) is 4.31 Å². The maximum atomic E-state index is 13.7. The van der Waals surface area contributed by atoms with Crippen molar-refractivity contribution in [3.05, 3.63) is 70.0 Å². The fraction of sp³-hybridized carbons (Fsp3) is 0.333. The van der Waals surface area contributed by atoms with Crippen LogP contribution in [0.4, 0.5) is 10.1 Å². The van der Waals surface area contributed by atoms with Gasteiger partial charge in [0.2, 0.25) is 10.0 Å². The summed E-state index contributed by atoms with van der Waals surface area (Å²) in [5.74, 6) is -0.403. The van der Waals surface area contributed by atoms with Gasteiger partial charge in [0.05, 0.1) is 15.9 Å². The van der Waals surface area contributed by atoms with Crippen LogP contribution in [-0.2, 0) is 10.0 Å². The molecule has 2 aromatic rings. The first-order valence-electron chi connectivity index (χ1n) is 8.41. The number of sulfonamides is 1. The summed E-state index contributed by atoms with van der Waals surface area (Å²) in [4.78, 5) is 10.2. The lowest BCUT2D eigenvalue weighted by atomic mass is 10.0. The molecule has 138 valence electrons. The van der Waals surface area contributed by atoms with Gasteiger partial charge < -0.3 is 0 Å². The molecule has 0 N–H and O–H groups in total. The van der Waals surface area contributed by atoms with Crippen molar-refractivity contribution >= 4 is 15.7 Å². The molecule has 1 heterocycles. The second-order valence-corrected chi connectivity index (χ2v) is 8.18. The summed E-state index contributed by atoms with van der Waals surface area (Å²) < 4.78 is 41.4. The Bertz CT molecular complexity index is 900. The number of benzene rings is 2. The molecule has 0 spiro atoms. The third-order valence-corrected chi connectivity index (χ3v) is 6.51. The molecule has 1 aliphatic rings. The van der Waals surface area contributed by atoms with Gasteiger partial charge in [-0.3, -0.25) is 10.1 Å². The van der Waals surface area contributed by atoms with Crippen molar-refractivity contribution in [2.45, 2.75) is 36.6 Å². The molecule has 0 radical (unpaired) electrons. The molecular weight excluding hydrogens is 359 g/mol. The number of nitro benzene ring substituents is 1. The topological polar surface area (TPSA) is 80.5 Å². The molecule has 0 aromatic heterocycles. The molecule has 0 amide bonds. The van der Waals surface area contributed by atoms with Crippen molar-refractivity contribution in [2.75, 3.05) is 6.54 Å². The van der Waals surface area contributed by atoms with Gasteiger partial charge in [-0.25, -0.2) is 12.8 Å².